The molecule has 0 spiro atoms. The van der Waals surface area contributed by atoms with E-state index in [0.717, 1.165) is 11.1 Å². The summed E-state index contributed by atoms with van der Waals surface area (Å²) in [5, 5.41) is 10.0. The average Bonchev–Trinajstić information content (AvgIpc) is 2.48. The summed E-state index contributed by atoms with van der Waals surface area (Å²) in [6.07, 6.45) is 0.123. The largest absolute Gasteiger partial charge is 0.294 e. The molecule has 0 saturated heterocycles. The number of nitrogens with zero attached hydrogens (tertiary/aromatic N) is 1. The fourth-order valence-corrected chi connectivity index (χ4v) is 2.31. The van der Waals surface area contributed by atoms with E-state index in [2.05, 4.69) is 6.07 Å². The molecule has 21 heavy (non-hydrogen) atoms. The zero-order valence-corrected chi connectivity index (χ0v) is 12.9. The van der Waals surface area contributed by atoms with E-state index >= 15 is 0 Å². The summed E-state index contributed by atoms with van der Waals surface area (Å²) < 4.78 is 0. The molecule has 106 valence electrons. The van der Waals surface area contributed by atoms with Crippen molar-refractivity contribution in [1.29, 1.82) is 5.26 Å². The van der Waals surface area contributed by atoms with Gasteiger partial charge in [-0.1, -0.05) is 53.0 Å². The topological polar surface area (TPSA) is 40.9 Å². The predicted octanol–water partition coefficient (Wildman–Crippen LogP) is 5.18. The molecule has 2 nitrogen and oxygen atoms in total. The predicted molar refractivity (Wildman–Crippen MR) is 84.9 cm³/mol. The van der Waals surface area contributed by atoms with Crippen LogP contribution >= 0.6 is 23.2 Å². The second-order valence-corrected chi connectivity index (χ2v) is 5.66. The van der Waals surface area contributed by atoms with E-state index in [1.165, 1.54) is 6.07 Å². The minimum atomic E-state index is -0.465. The first-order valence-electron chi connectivity index (χ1n) is 6.45. The van der Waals surface area contributed by atoms with Gasteiger partial charge in [0.15, 0.2) is 5.78 Å². The van der Waals surface area contributed by atoms with E-state index in [4.69, 9.17) is 23.2 Å². The van der Waals surface area contributed by atoms with Crippen LogP contribution in [0.15, 0.2) is 42.5 Å². The Kier molecular flexibility index (Phi) is 5.01. The van der Waals surface area contributed by atoms with Gasteiger partial charge in [-0.3, -0.25) is 4.79 Å². The summed E-state index contributed by atoms with van der Waals surface area (Å²) in [4.78, 5) is 12.3. The third-order valence-electron chi connectivity index (χ3n) is 3.27. The number of hydrogen-bond acceptors (Lipinski definition) is 2. The first-order chi connectivity index (χ1) is 10.0. The lowest BCUT2D eigenvalue weighted by Crippen LogP contribution is -2.06. The molecule has 0 radical (unpaired) electrons. The highest BCUT2D eigenvalue weighted by Gasteiger charge is 2.17. The van der Waals surface area contributed by atoms with Crippen molar-refractivity contribution < 1.29 is 4.79 Å². The van der Waals surface area contributed by atoms with E-state index in [0.29, 0.717) is 15.6 Å². The molecule has 1 atom stereocenters. The Morgan fingerprint density at radius 1 is 1.14 bits per heavy atom. The average molecular weight is 318 g/mol. The van der Waals surface area contributed by atoms with Crippen LogP contribution in [-0.2, 0) is 0 Å². The molecule has 2 aromatic carbocycles. The molecule has 0 bridgehead atoms. The zero-order valence-electron chi connectivity index (χ0n) is 11.4. The SMILES string of the molecule is Cc1ccc(C(C#N)CC(=O)c2ccc(Cl)c(Cl)c2)cc1. The maximum Gasteiger partial charge on any atom is 0.164 e. The molecular formula is C17H13Cl2NO. The van der Waals surface area contributed by atoms with Gasteiger partial charge in [-0.15, -0.1) is 0 Å². The number of halogens is 2. The Labute approximate surface area is 133 Å². The quantitative estimate of drug-likeness (QED) is 0.729. The molecule has 0 amide bonds. The minimum Gasteiger partial charge on any atom is -0.294 e. The molecule has 0 aliphatic carbocycles. The highest BCUT2D eigenvalue weighted by molar-refractivity contribution is 6.42. The fourth-order valence-electron chi connectivity index (χ4n) is 2.01. The van der Waals surface area contributed by atoms with Crippen LogP contribution in [0.2, 0.25) is 10.0 Å². The summed E-state index contributed by atoms with van der Waals surface area (Å²) in [7, 11) is 0. The van der Waals surface area contributed by atoms with Crippen LogP contribution in [0.25, 0.3) is 0 Å². The summed E-state index contributed by atoms with van der Waals surface area (Å²) in [6, 6.07) is 14.6. The van der Waals surface area contributed by atoms with Crippen LogP contribution in [-0.4, -0.2) is 5.78 Å². The molecule has 0 heterocycles. The van der Waals surface area contributed by atoms with E-state index in [1.54, 1.807) is 12.1 Å². The monoisotopic (exact) mass is 317 g/mol. The fraction of sp³-hybridized carbons (Fsp3) is 0.176. The number of benzene rings is 2. The molecule has 2 aromatic rings. The summed E-state index contributed by atoms with van der Waals surface area (Å²) in [6.45, 7) is 1.98. The molecule has 4 heteroatoms. The Bertz CT molecular complexity index is 702. The Balaban J connectivity index is 2.18. The van der Waals surface area contributed by atoms with Gasteiger partial charge in [0.25, 0.3) is 0 Å². The summed E-state index contributed by atoms with van der Waals surface area (Å²) >= 11 is 11.7. The second kappa shape index (κ2) is 6.76. The van der Waals surface area contributed by atoms with E-state index in [9.17, 15) is 10.1 Å². The highest BCUT2D eigenvalue weighted by atomic mass is 35.5. The lowest BCUT2D eigenvalue weighted by atomic mass is 9.92. The van der Waals surface area contributed by atoms with Gasteiger partial charge in [-0.05, 0) is 30.7 Å². The van der Waals surface area contributed by atoms with Gasteiger partial charge in [-0.2, -0.15) is 5.26 Å². The highest BCUT2D eigenvalue weighted by Crippen LogP contribution is 2.26. The van der Waals surface area contributed by atoms with Crippen LogP contribution in [0, 0.1) is 18.3 Å². The van der Waals surface area contributed by atoms with Crippen molar-refractivity contribution >= 4 is 29.0 Å². The molecule has 1 unspecified atom stereocenters. The molecular weight excluding hydrogens is 305 g/mol. The molecule has 0 aliphatic heterocycles. The number of nitriles is 1. The molecule has 0 aromatic heterocycles. The number of aryl methyl sites for hydroxylation is 1. The smallest absolute Gasteiger partial charge is 0.164 e. The van der Waals surface area contributed by atoms with Gasteiger partial charge < -0.3 is 0 Å². The Morgan fingerprint density at radius 2 is 1.81 bits per heavy atom. The lowest BCUT2D eigenvalue weighted by molar-refractivity contribution is 0.0979. The normalized spacial score (nSPS) is 11.7. The van der Waals surface area contributed by atoms with E-state index < -0.39 is 5.92 Å². The molecule has 0 fully saturated rings. The first-order valence-corrected chi connectivity index (χ1v) is 7.21. The van der Waals surface area contributed by atoms with E-state index in [1.807, 2.05) is 31.2 Å². The standard InChI is InChI=1S/C17H13Cl2NO/c1-11-2-4-12(5-3-11)14(10-20)9-17(21)13-6-7-15(18)16(19)8-13/h2-8,14H,9H2,1H3. The number of carbonyl (C=O) groups is 1. The van der Waals surface area contributed by atoms with Crippen molar-refractivity contribution in [3.63, 3.8) is 0 Å². The second-order valence-electron chi connectivity index (χ2n) is 4.85. The molecule has 0 aliphatic rings. The number of hydrogen-bond donors (Lipinski definition) is 0. The van der Waals surface area contributed by atoms with Crippen molar-refractivity contribution in [2.24, 2.45) is 0 Å². The third-order valence-corrected chi connectivity index (χ3v) is 4.01. The van der Waals surface area contributed by atoms with Gasteiger partial charge in [-0.25, -0.2) is 0 Å². The summed E-state index contributed by atoms with van der Waals surface area (Å²) in [5.41, 5.74) is 2.43. The number of rotatable bonds is 4. The van der Waals surface area contributed by atoms with E-state index in [-0.39, 0.29) is 12.2 Å². The van der Waals surface area contributed by atoms with Crippen LogP contribution in [0.3, 0.4) is 0 Å². The minimum absolute atomic E-state index is 0.123. The van der Waals surface area contributed by atoms with Crippen molar-refractivity contribution in [3.8, 4) is 6.07 Å². The number of ketones is 1. The van der Waals surface area contributed by atoms with Crippen molar-refractivity contribution in [2.45, 2.75) is 19.3 Å². The van der Waals surface area contributed by atoms with Crippen molar-refractivity contribution in [1.82, 2.24) is 0 Å². The van der Waals surface area contributed by atoms with Crippen LogP contribution in [0.5, 0.6) is 0 Å². The molecule has 0 N–H and O–H groups in total. The van der Waals surface area contributed by atoms with Gasteiger partial charge in [0.2, 0.25) is 0 Å². The Hall–Kier alpha value is -1.82. The number of carbonyl (C=O) groups excluding carboxylic acids is 1. The maximum atomic E-state index is 12.3. The van der Waals surface area contributed by atoms with Crippen LogP contribution in [0.1, 0.15) is 33.8 Å². The lowest BCUT2D eigenvalue weighted by Gasteiger charge is -2.09. The van der Waals surface area contributed by atoms with Gasteiger partial charge in [0.05, 0.1) is 22.0 Å². The maximum absolute atomic E-state index is 12.3. The molecule has 0 saturated carbocycles. The van der Waals surface area contributed by atoms with Crippen molar-refractivity contribution in [2.75, 3.05) is 0 Å². The number of Topliss-reactive ketones (excluding diaryl/α,β-unsaturated/α-hetero) is 1. The zero-order chi connectivity index (χ0) is 15.4. The summed E-state index contributed by atoms with van der Waals surface area (Å²) in [5.74, 6) is -0.590. The molecule has 2 rings (SSSR count). The van der Waals surface area contributed by atoms with Gasteiger partial charge in [0.1, 0.15) is 0 Å². The van der Waals surface area contributed by atoms with Gasteiger partial charge in [0, 0.05) is 12.0 Å². The third kappa shape index (κ3) is 3.85. The first kappa shape index (κ1) is 15.6. The van der Waals surface area contributed by atoms with Crippen molar-refractivity contribution in [3.05, 3.63) is 69.2 Å². The van der Waals surface area contributed by atoms with Crippen LogP contribution < -0.4 is 0 Å². The van der Waals surface area contributed by atoms with Gasteiger partial charge >= 0.3 is 0 Å². The van der Waals surface area contributed by atoms with Crippen LogP contribution in [0.4, 0.5) is 0 Å². The Morgan fingerprint density at radius 3 is 2.38 bits per heavy atom.